The molecule has 0 aliphatic carbocycles. The number of hydrogen-bond donors (Lipinski definition) is 0. The molecule has 0 saturated carbocycles. The van der Waals surface area contributed by atoms with Crippen LogP contribution in [0.1, 0.15) is 12.5 Å². The van der Waals surface area contributed by atoms with Gasteiger partial charge in [-0.2, -0.15) is 0 Å². The Labute approximate surface area is 82.5 Å². The first-order valence-corrected chi connectivity index (χ1v) is 4.88. The fourth-order valence-corrected chi connectivity index (χ4v) is 2.06. The number of hydrogen-bond acceptors (Lipinski definition) is 2. The summed E-state index contributed by atoms with van der Waals surface area (Å²) in [7, 11) is 0. The van der Waals surface area contributed by atoms with E-state index in [2.05, 4.69) is 18.0 Å². The fourth-order valence-electron chi connectivity index (χ4n) is 2.06. The summed E-state index contributed by atoms with van der Waals surface area (Å²) in [5.41, 5.74) is 2.37. The first-order valence-electron chi connectivity index (χ1n) is 4.88. The van der Waals surface area contributed by atoms with Crippen molar-refractivity contribution in [1.29, 1.82) is 0 Å². The van der Waals surface area contributed by atoms with Gasteiger partial charge in [-0.1, -0.05) is 6.07 Å². The Bertz CT molecular complexity index is 493. The molecule has 2 heterocycles. The van der Waals surface area contributed by atoms with Crippen LogP contribution in [0.3, 0.4) is 0 Å². The second-order valence-electron chi connectivity index (χ2n) is 3.74. The second-order valence-corrected chi connectivity index (χ2v) is 3.74. The number of nitrogens with zero attached hydrogens (tertiary/aromatic N) is 1. The molecule has 2 nitrogen and oxygen atoms in total. The van der Waals surface area contributed by atoms with Crippen molar-refractivity contribution < 1.29 is 4.74 Å². The maximum absolute atomic E-state index is 5.69. The molecule has 1 atom stereocenters. The lowest BCUT2D eigenvalue weighted by atomic mass is 10.0. The van der Waals surface area contributed by atoms with Crippen molar-refractivity contribution in [2.45, 2.75) is 19.4 Å². The third-order valence-electron chi connectivity index (χ3n) is 2.67. The van der Waals surface area contributed by atoms with E-state index in [1.54, 1.807) is 0 Å². The van der Waals surface area contributed by atoms with Crippen LogP contribution in [0.15, 0.2) is 30.5 Å². The molecule has 2 aromatic rings. The molecule has 1 aromatic heterocycles. The predicted molar refractivity (Wildman–Crippen MR) is 55.5 cm³/mol. The highest BCUT2D eigenvalue weighted by Gasteiger charge is 2.20. The molecule has 0 saturated heterocycles. The van der Waals surface area contributed by atoms with Crippen molar-refractivity contribution in [2.75, 3.05) is 0 Å². The molecule has 14 heavy (non-hydrogen) atoms. The van der Waals surface area contributed by atoms with E-state index in [-0.39, 0.29) is 0 Å². The van der Waals surface area contributed by atoms with Crippen molar-refractivity contribution in [3.63, 3.8) is 0 Å². The summed E-state index contributed by atoms with van der Waals surface area (Å²) in [5, 5.41) is 1.23. The molecule has 0 radical (unpaired) electrons. The van der Waals surface area contributed by atoms with E-state index in [1.165, 1.54) is 10.9 Å². The SMILES string of the molecule is C[C@@H]1Cc2c(ccc3ncccc23)O1. The number of rotatable bonds is 0. The molecule has 70 valence electrons. The lowest BCUT2D eigenvalue weighted by Gasteiger charge is -2.02. The quantitative estimate of drug-likeness (QED) is 0.629. The second kappa shape index (κ2) is 2.71. The Morgan fingerprint density at radius 1 is 1.36 bits per heavy atom. The van der Waals surface area contributed by atoms with Gasteiger partial charge in [0.1, 0.15) is 11.9 Å². The third-order valence-corrected chi connectivity index (χ3v) is 2.67. The Kier molecular flexibility index (Phi) is 1.51. The summed E-state index contributed by atoms with van der Waals surface area (Å²) >= 11 is 0. The van der Waals surface area contributed by atoms with Crippen LogP contribution in [-0.2, 0) is 6.42 Å². The van der Waals surface area contributed by atoms with Gasteiger partial charge in [0, 0.05) is 23.6 Å². The zero-order valence-corrected chi connectivity index (χ0v) is 8.03. The third kappa shape index (κ3) is 1.00. The zero-order chi connectivity index (χ0) is 9.54. The summed E-state index contributed by atoms with van der Waals surface area (Å²) in [6, 6.07) is 8.13. The van der Waals surface area contributed by atoms with Gasteiger partial charge >= 0.3 is 0 Å². The minimum Gasteiger partial charge on any atom is -0.490 e. The summed E-state index contributed by atoms with van der Waals surface area (Å²) in [4.78, 5) is 4.33. The smallest absolute Gasteiger partial charge is 0.123 e. The van der Waals surface area contributed by atoms with Gasteiger partial charge in [-0.3, -0.25) is 4.98 Å². The highest BCUT2D eigenvalue weighted by atomic mass is 16.5. The van der Waals surface area contributed by atoms with E-state index in [4.69, 9.17) is 4.74 Å². The molecule has 2 heteroatoms. The first kappa shape index (κ1) is 7.80. The van der Waals surface area contributed by atoms with E-state index in [0.29, 0.717) is 6.10 Å². The summed E-state index contributed by atoms with van der Waals surface area (Å²) in [5.74, 6) is 1.03. The standard InChI is InChI=1S/C12H11NO/c1-8-7-10-9-3-2-6-13-11(9)4-5-12(10)14-8/h2-6,8H,7H2,1H3/t8-/m1/s1. The molecular formula is C12H11NO. The number of fused-ring (bicyclic) bond motifs is 3. The average molecular weight is 185 g/mol. The number of ether oxygens (including phenoxy) is 1. The van der Waals surface area contributed by atoms with Crippen molar-refractivity contribution in [1.82, 2.24) is 4.98 Å². The van der Waals surface area contributed by atoms with Crippen LogP contribution < -0.4 is 4.74 Å². The Morgan fingerprint density at radius 2 is 2.29 bits per heavy atom. The highest BCUT2D eigenvalue weighted by Crippen LogP contribution is 2.33. The van der Waals surface area contributed by atoms with Crippen molar-refractivity contribution in [3.8, 4) is 5.75 Å². The maximum atomic E-state index is 5.69. The zero-order valence-electron chi connectivity index (χ0n) is 8.03. The van der Waals surface area contributed by atoms with E-state index < -0.39 is 0 Å². The van der Waals surface area contributed by atoms with Crippen LogP contribution in [0, 0.1) is 0 Å². The Balaban J connectivity index is 2.33. The lowest BCUT2D eigenvalue weighted by Crippen LogP contribution is -2.05. The van der Waals surface area contributed by atoms with Crippen LogP contribution >= 0.6 is 0 Å². The largest absolute Gasteiger partial charge is 0.490 e. The highest BCUT2D eigenvalue weighted by molar-refractivity contribution is 5.84. The summed E-state index contributed by atoms with van der Waals surface area (Å²) in [6.07, 6.45) is 3.13. The molecule has 0 bridgehead atoms. The van der Waals surface area contributed by atoms with E-state index in [0.717, 1.165) is 17.7 Å². The van der Waals surface area contributed by atoms with Crippen molar-refractivity contribution in [2.24, 2.45) is 0 Å². The van der Waals surface area contributed by atoms with Gasteiger partial charge in [0.15, 0.2) is 0 Å². The fraction of sp³-hybridized carbons (Fsp3) is 0.250. The Morgan fingerprint density at radius 3 is 3.21 bits per heavy atom. The average Bonchev–Trinajstić information content (AvgIpc) is 2.59. The molecule has 0 N–H and O–H groups in total. The predicted octanol–water partition coefficient (Wildman–Crippen LogP) is 2.56. The maximum Gasteiger partial charge on any atom is 0.123 e. The van der Waals surface area contributed by atoms with Gasteiger partial charge < -0.3 is 4.74 Å². The molecule has 0 fully saturated rings. The van der Waals surface area contributed by atoms with Crippen molar-refractivity contribution in [3.05, 3.63) is 36.0 Å². The normalized spacial score (nSPS) is 19.4. The minimum atomic E-state index is 0.302. The molecule has 1 aliphatic rings. The van der Waals surface area contributed by atoms with Gasteiger partial charge in [-0.25, -0.2) is 0 Å². The molecule has 0 unspecified atom stereocenters. The molecule has 3 rings (SSSR count). The topological polar surface area (TPSA) is 22.1 Å². The van der Waals surface area contributed by atoms with Crippen LogP contribution in [0.2, 0.25) is 0 Å². The lowest BCUT2D eigenvalue weighted by molar-refractivity contribution is 0.254. The minimum absolute atomic E-state index is 0.302. The molecule has 0 amide bonds. The van der Waals surface area contributed by atoms with E-state index in [9.17, 15) is 0 Å². The van der Waals surface area contributed by atoms with Crippen LogP contribution in [0.4, 0.5) is 0 Å². The van der Waals surface area contributed by atoms with Gasteiger partial charge in [-0.05, 0) is 25.1 Å². The van der Waals surface area contributed by atoms with Gasteiger partial charge in [-0.15, -0.1) is 0 Å². The number of benzene rings is 1. The Hall–Kier alpha value is -1.57. The van der Waals surface area contributed by atoms with Crippen LogP contribution in [0.25, 0.3) is 10.9 Å². The molecule has 0 spiro atoms. The summed E-state index contributed by atoms with van der Waals surface area (Å²) < 4.78 is 5.69. The summed E-state index contributed by atoms with van der Waals surface area (Å²) in [6.45, 7) is 2.10. The van der Waals surface area contributed by atoms with Crippen LogP contribution in [0.5, 0.6) is 5.75 Å². The van der Waals surface area contributed by atoms with Gasteiger partial charge in [0.25, 0.3) is 0 Å². The monoisotopic (exact) mass is 185 g/mol. The molecule has 1 aliphatic heterocycles. The van der Waals surface area contributed by atoms with Crippen LogP contribution in [-0.4, -0.2) is 11.1 Å². The van der Waals surface area contributed by atoms with Gasteiger partial charge in [0.05, 0.1) is 5.52 Å². The number of aromatic nitrogens is 1. The van der Waals surface area contributed by atoms with E-state index >= 15 is 0 Å². The first-order chi connectivity index (χ1) is 6.84. The molecular weight excluding hydrogens is 174 g/mol. The number of pyridine rings is 1. The van der Waals surface area contributed by atoms with E-state index in [1.807, 2.05) is 24.4 Å². The van der Waals surface area contributed by atoms with Gasteiger partial charge in [0.2, 0.25) is 0 Å². The molecule has 1 aromatic carbocycles. The van der Waals surface area contributed by atoms with Crippen molar-refractivity contribution >= 4 is 10.9 Å².